The number of carbonyl (C=O) groups excluding carboxylic acids is 2. The van der Waals surface area contributed by atoms with E-state index in [2.05, 4.69) is 50.5 Å². The molecular weight excluding hydrogens is 528 g/mol. The summed E-state index contributed by atoms with van der Waals surface area (Å²) < 4.78 is 16.9. The van der Waals surface area contributed by atoms with Crippen LogP contribution in [0.5, 0.6) is 5.75 Å². The van der Waals surface area contributed by atoms with Crippen LogP contribution in [-0.4, -0.2) is 31.9 Å². The predicted molar refractivity (Wildman–Crippen MR) is 103 cm³/mol. The third-order valence-electron chi connectivity index (χ3n) is 2.66. The number of benzene rings is 1. The molecule has 1 amide bonds. The smallest absolute Gasteiger partial charge is 0.408 e. The lowest BCUT2D eigenvalue weighted by Crippen LogP contribution is -2.38. The molecule has 128 valence electrons. The molecule has 1 unspecified atom stereocenters. The second-order valence-electron chi connectivity index (χ2n) is 5.62. The molecule has 0 heterocycles. The number of rotatable bonds is 4. The van der Waals surface area contributed by atoms with Gasteiger partial charge >= 0.3 is 12.1 Å². The minimum Gasteiger partial charge on any atom is -0.495 e. The molecular formula is C15H19I2NO5. The van der Waals surface area contributed by atoms with Crippen LogP contribution in [-0.2, 0) is 14.3 Å². The van der Waals surface area contributed by atoms with Crippen molar-refractivity contribution in [3.8, 4) is 5.75 Å². The Morgan fingerprint density at radius 2 is 1.65 bits per heavy atom. The highest BCUT2D eigenvalue weighted by Gasteiger charge is 2.27. The molecule has 1 aromatic carbocycles. The van der Waals surface area contributed by atoms with E-state index in [0.717, 1.165) is 12.9 Å². The minimum atomic E-state index is -0.956. The highest BCUT2D eigenvalue weighted by atomic mass is 127. The second kappa shape index (κ2) is 8.36. The minimum absolute atomic E-state index is 0.576. The Morgan fingerprint density at radius 1 is 1.13 bits per heavy atom. The van der Waals surface area contributed by atoms with E-state index in [-0.39, 0.29) is 0 Å². The summed E-state index contributed by atoms with van der Waals surface area (Å²) in [4.78, 5) is 24.0. The lowest BCUT2D eigenvalue weighted by molar-refractivity contribution is -0.143. The first-order valence-electron chi connectivity index (χ1n) is 6.69. The number of hydrogen-bond acceptors (Lipinski definition) is 5. The van der Waals surface area contributed by atoms with Gasteiger partial charge in [0.05, 0.1) is 21.4 Å². The maximum absolute atomic E-state index is 12.1. The maximum Gasteiger partial charge on any atom is 0.408 e. The van der Waals surface area contributed by atoms with Gasteiger partial charge in [-0.05, 0) is 83.6 Å². The summed E-state index contributed by atoms with van der Waals surface area (Å²) in [6, 6.07) is 2.57. The van der Waals surface area contributed by atoms with Gasteiger partial charge in [0.2, 0.25) is 0 Å². The number of ether oxygens (including phenoxy) is 3. The Kier molecular flexibility index (Phi) is 7.36. The number of alkyl carbamates (subject to hydrolysis) is 1. The van der Waals surface area contributed by atoms with E-state index in [1.165, 1.54) is 7.11 Å². The van der Waals surface area contributed by atoms with Crippen LogP contribution in [0, 0.1) is 7.14 Å². The Hall–Kier alpha value is -0.780. The Bertz CT molecular complexity index is 575. The quantitative estimate of drug-likeness (QED) is 0.461. The summed E-state index contributed by atoms with van der Waals surface area (Å²) in [5, 5.41) is 2.55. The lowest BCUT2D eigenvalue weighted by Gasteiger charge is -2.23. The normalized spacial score (nSPS) is 12.3. The van der Waals surface area contributed by atoms with Crippen molar-refractivity contribution in [1.82, 2.24) is 5.32 Å². The first-order chi connectivity index (χ1) is 10.6. The molecule has 1 N–H and O–H groups in total. The molecule has 6 nitrogen and oxygen atoms in total. The van der Waals surface area contributed by atoms with Crippen molar-refractivity contribution in [2.45, 2.75) is 32.4 Å². The van der Waals surface area contributed by atoms with Crippen LogP contribution in [0.3, 0.4) is 0 Å². The van der Waals surface area contributed by atoms with E-state index in [4.69, 9.17) is 14.2 Å². The molecule has 8 heteroatoms. The molecule has 0 aliphatic rings. The van der Waals surface area contributed by atoms with E-state index < -0.39 is 23.7 Å². The van der Waals surface area contributed by atoms with Gasteiger partial charge in [-0.3, -0.25) is 0 Å². The molecule has 0 radical (unpaired) electrons. The van der Waals surface area contributed by atoms with Gasteiger partial charge < -0.3 is 19.5 Å². The number of nitrogens with one attached hydrogen (secondary N) is 1. The first kappa shape index (κ1) is 20.3. The second-order valence-corrected chi connectivity index (χ2v) is 7.94. The van der Waals surface area contributed by atoms with Crippen LogP contribution >= 0.6 is 45.2 Å². The number of amides is 1. The fourth-order valence-electron chi connectivity index (χ4n) is 1.76. The molecule has 0 fully saturated rings. The van der Waals surface area contributed by atoms with Crippen molar-refractivity contribution in [3.05, 3.63) is 24.8 Å². The van der Waals surface area contributed by atoms with Crippen molar-refractivity contribution in [1.29, 1.82) is 0 Å². The predicted octanol–water partition coefficient (Wildman–Crippen LogP) is 3.64. The SMILES string of the molecule is COC(=O)C(NC(=O)OC(C)(C)C)c1cc(I)c(OC)c(I)c1. The molecule has 1 aromatic rings. The molecule has 23 heavy (non-hydrogen) atoms. The van der Waals surface area contributed by atoms with E-state index in [9.17, 15) is 9.59 Å². The van der Waals surface area contributed by atoms with Crippen molar-refractivity contribution in [2.75, 3.05) is 14.2 Å². The zero-order chi connectivity index (χ0) is 17.8. The van der Waals surface area contributed by atoms with E-state index in [1.54, 1.807) is 40.0 Å². The summed E-state index contributed by atoms with van der Waals surface area (Å²) in [6.07, 6.45) is -0.686. The van der Waals surface area contributed by atoms with Gasteiger partial charge in [-0.15, -0.1) is 0 Å². The monoisotopic (exact) mass is 547 g/mol. The molecule has 0 aromatic heterocycles. The Balaban J connectivity index is 3.13. The van der Waals surface area contributed by atoms with Crippen LogP contribution in [0.4, 0.5) is 4.79 Å². The van der Waals surface area contributed by atoms with Crippen LogP contribution in [0.2, 0.25) is 0 Å². The Morgan fingerprint density at radius 3 is 2.04 bits per heavy atom. The fraction of sp³-hybridized carbons (Fsp3) is 0.467. The number of halogens is 2. The average Bonchev–Trinajstić information content (AvgIpc) is 2.41. The fourth-order valence-corrected chi connectivity index (χ4v) is 4.02. The van der Waals surface area contributed by atoms with E-state index in [1.807, 2.05) is 0 Å². The number of esters is 1. The molecule has 0 saturated heterocycles. The van der Waals surface area contributed by atoms with Gasteiger partial charge in [-0.1, -0.05) is 0 Å². The molecule has 0 bridgehead atoms. The largest absolute Gasteiger partial charge is 0.495 e. The van der Waals surface area contributed by atoms with Gasteiger partial charge in [-0.2, -0.15) is 0 Å². The summed E-state index contributed by atoms with van der Waals surface area (Å²) >= 11 is 4.22. The number of carbonyl (C=O) groups is 2. The molecule has 0 saturated carbocycles. The van der Waals surface area contributed by atoms with Gasteiger partial charge in [0.15, 0.2) is 6.04 Å². The van der Waals surface area contributed by atoms with Crippen LogP contribution in [0.1, 0.15) is 32.4 Å². The molecule has 1 rings (SSSR count). The van der Waals surface area contributed by atoms with Crippen LogP contribution < -0.4 is 10.1 Å². The van der Waals surface area contributed by atoms with Gasteiger partial charge in [0.1, 0.15) is 11.4 Å². The summed E-state index contributed by atoms with van der Waals surface area (Å²) in [5.41, 5.74) is -0.0645. The summed E-state index contributed by atoms with van der Waals surface area (Å²) in [7, 11) is 2.85. The molecule has 0 aliphatic carbocycles. The molecule has 0 spiro atoms. The van der Waals surface area contributed by atoms with Crippen LogP contribution in [0.25, 0.3) is 0 Å². The number of methoxy groups -OCH3 is 2. The van der Waals surface area contributed by atoms with Gasteiger partial charge in [0, 0.05) is 0 Å². The maximum atomic E-state index is 12.1. The summed E-state index contributed by atoms with van der Waals surface area (Å²) in [6.45, 7) is 5.25. The van der Waals surface area contributed by atoms with Crippen molar-refractivity contribution < 1.29 is 23.8 Å². The van der Waals surface area contributed by atoms with Gasteiger partial charge in [-0.25, -0.2) is 9.59 Å². The zero-order valence-corrected chi connectivity index (χ0v) is 17.8. The van der Waals surface area contributed by atoms with Crippen LogP contribution in [0.15, 0.2) is 12.1 Å². The molecule has 1 atom stereocenters. The van der Waals surface area contributed by atoms with Crippen molar-refractivity contribution >= 4 is 57.2 Å². The van der Waals surface area contributed by atoms with Crippen molar-refractivity contribution in [3.63, 3.8) is 0 Å². The highest BCUT2D eigenvalue weighted by molar-refractivity contribution is 14.1. The standard InChI is InChI=1S/C15H19I2NO5/c1-15(2,3)23-14(20)18-11(13(19)22-5)8-6-9(16)12(21-4)10(17)7-8/h6-7,11H,1-5H3,(H,18,20). The third-order valence-corrected chi connectivity index (χ3v) is 4.26. The topological polar surface area (TPSA) is 73.9 Å². The first-order valence-corrected chi connectivity index (χ1v) is 8.85. The molecule has 0 aliphatic heterocycles. The van der Waals surface area contributed by atoms with Gasteiger partial charge in [0.25, 0.3) is 0 Å². The highest BCUT2D eigenvalue weighted by Crippen LogP contribution is 2.31. The number of hydrogen-bond donors (Lipinski definition) is 1. The zero-order valence-electron chi connectivity index (χ0n) is 13.5. The van der Waals surface area contributed by atoms with Crippen molar-refractivity contribution in [2.24, 2.45) is 0 Å². The van der Waals surface area contributed by atoms with E-state index in [0.29, 0.717) is 5.56 Å². The average molecular weight is 547 g/mol. The Labute approximate surface area is 162 Å². The third kappa shape index (κ3) is 5.98. The lowest BCUT2D eigenvalue weighted by atomic mass is 10.1. The summed E-state index contributed by atoms with van der Waals surface area (Å²) in [5.74, 6) is 0.142. The van der Waals surface area contributed by atoms with E-state index >= 15 is 0 Å².